The van der Waals surface area contributed by atoms with Crippen LogP contribution >= 0.6 is 23.2 Å². The van der Waals surface area contributed by atoms with E-state index in [1.807, 2.05) is 27.8 Å². The molecule has 0 saturated heterocycles. The van der Waals surface area contributed by atoms with Crippen molar-refractivity contribution in [3.05, 3.63) is 64.7 Å². The highest BCUT2D eigenvalue weighted by Gasteiger charge is 2.33. The van der Waals surface area contributed by atoms with E-state index in [2.05, 4.69) is 11.6 Å². The predicted molar refractivity (Wildman–Crippen MR) is 96.1 cm³/mol. The molecule has 4 nitrogen and oxygen atoms in total. The van der Waals surface area contributed by atoms with Gasteiger partial charge in [-0.05, 0) is 30.5 Å². The van der Waals surface area contributed by atoms with Gasteiger partial charge in [-0.1, -0.05) is 35.3 Å². The Hall–Kier alpha value is -1.78. The Morgan fingerprint density at radius 1 is 1.38 bits per heavy atom. The van der Waals surface area contributed by atoms with Gasteiger partial charge in [-0.25, -0.2) is 4.98 Å². The van der Waals surface area contributed by atoms with Gasteiger partial charge in [-0.2, -0.15) is 0 Å². The first-order valence-corrected chi connectivity index (χ1v) is 8.67. The van der Waals surface area contributed by atoms with Crippen molar-refractivity contribution in [3.63, 3.8) is 0 Å². The first-order chi connectivity index (χ1) is 11.6. The van der Waals surface area contributed by atoms with Crippen molar-refractivity contribution < 1.29 is 4.79 Å². The largest absolute Gasteiger partial charge is 0.331 e. The van der Waals surface area contributed by atoms with Crippen LogP contribution in [0.25, 0.3) is 0 Å². The standard InChI is InChI=1S/C18H19Cl2N3O/c1-2-8-23(18(24)14-4-5-14)12-17-21-7-9-22(17)11-13-3-6-15(19)16(20)10-13/h2-3,6-7,9-10,14H,1,4-5,8,11-12H2. The molecule has 0 spiro atoms. The number of carbonyl (C=O) groups is 1. The fraction of sp³-hybridized carbons (Fsp3) is 0.333. The molecule has 0 atom stereocenters. The Labute approximate surface area is 151 Å². The second kappa shape index (κ2) is 7.41. The Balaban J connectivity index is 1.74. The van der Waals surface area contributed by atoms with Gasteiger partial charge < -0.3 is 9.47 Å². The molecule has 1 saturated carbocycles. The van der Waals surface area contributed by atoms with Crippen molar-refractivity contribution >= 4 is 29.1 Å². The maximum absolute atomic E-state index is 12.4. The molecule has 1 fully saturated rings. The van der Waals surface area contributed by atoms with E-state index < -0.39 is 0 Å². The highest BCUT2D eigenvalue weighted by molar-refractivity contribution is 6.42. The number of hydrogen-bond acceptors (Lipinski definition) is 2. The molecular weight excluding hydrogens is 345 g/mol. The Morgan fingerprint density at radius 2 is 2.17 bits per heavy atom. The summed E-state index contributed by atoms with van der Waals surface area (Å²) < 4.78 is 2.02. The van der Waals surface area contributed by atoms with E-state index in [4.69, 9.17) is 23.2 Å². The molecule has 1 heterocycles. The lowest BCUT2D eigenvalue weighted by Gasteiger charge is -2.21. The third-order valence-corrected chi connectivity index (χ3v) is 4.80. The molecule has 126 valence electrons. The van der Waals surface area contributed by atoms with Gasteiger partial charge >= 0.3 is 0 Å². The number of carbonyl (C=O) groups excluding carboxylic acids is 1. The lowest BCUT2D eigenvalue weighted by molar-refractivity contribution is -0.132. The fourth-order valence-corrected chi connectivity index (χ4v) is 2.94. The van der Waals surface area contributed by atoms with Gasteiger partial charge in [0.05, 0.1) is 16.6 Å². The number of imidazole rings is 1. The Kier molecular flexibility index (Phi) is 5.27. The van der Waals surface area contributed by atoms with Gasteiger partial charge in [0.1, 0.15) is 5.82 Å². The quantitative estimate of drug-likeness (QED) is 0.692. The number of nitrogens with zero attached hydrogens (tertiary/aromatic N) is 3. The van der Waals surface area contributed by atoms with Crippen LogP contribution in [-0.2, 0) is 17.9 Å². The summed E-state index contributed by atoms with van der Waals surface area (Å²) in [5.74, 6) is 1.22. The van der Waals surface area contributed by atoms with Crippen LogP contribution in [0, 0.1) is 5.92 Å². The minimum absolute atomic E-state index is 0.184. The highest BCUT2D eigenvalue weighted by Crippen LogP contribution is 2.31. The minimum Gasteiger partial charge on any atom is -0.331 e. The van der Waals surface area contributed by atoms with Gasteiger partial charge in [0.25, 0.3) is 0 Å². The van der Waals surface area contributed by atoms with E-state index in [1.165, 1.54) is 0 Å². The SMILES string of the molecule is C=CCN(Cc1nccn1Cc1ccc(Cl)c(Cl)c1)C(=O)C1CC1. The first-order valence-electron chi connectivity index (χ1n) is 7.92. The van der Waals surface area contributed by atoms with Crippen LogP contribution in [0.1, 0.15) is 24.2 Å². The van der Waals surface area contributed by atoms with Crippen LogP contribution in [0.4, 0.5) is 0 Å². The third kappa shape index (κ3) is 4.00. The van der Waals surface area contributed by atoms with E-state index in [0.29, 0.717) is 29.7 Å². The van der Waals surface area contributed by atoms with E-state index >= 15 is 0 Å². The molecule has 1 amide bonds. The number of amides is 1. The lowest BCUT2D eigenvalue weighted by Crippen LogP contribution is -2.33. The maximum atomic E-state index is 12.4. The lowest BCUT2D eigenvalue weighted by atomic mass is 10.2. The van der Waals surface area contributed by atoms with Crippen LogP contribution in [0.3, 0.4) is 0 Å². The molecule has 0 N–H and O–H groups in total. The van der Waals surface area contributed by atoms with E-state index in [1.54, 1.807) is 18.3 Å². The zero-order valence-electron chi connectivity index (χ0n) is 13.3. The van der Waals surface area contributed by atoms with Crippen molar-refractivity contribution in [2.24, 2.45) is 5.92 Å². The molecule has 2 aromatic rings. The topological polar surface area (TPSA) is 38.1 Å². The molecule has 0 radical (unpaired) electrons. The average Bonchev–Trinajstić information content (AvgIpc) is 3.32. The summed E-state index contributed by atoms with van der Waals surface area (Å²) in [5.41, 5.74) is 1.03. The fourth-order valence-electron chi connectivity index (χ4n) is 2.62. The third-order valence-electron chi connectivity index (χ3n) is 4.06. The molecular formula is C18H19Cl2N3O. The van der Waals surface area contributed by atoms with Crippen LogP contribution in [-0.4, -0.2) is 26.9 Å². The number of aromatic nitrogens is 2. The Bertz CT molecular complexity index is 752. The van der Waals surface area contributed by atoms with E-state index in [-0.39, 0.29) is 11.8 Å². The zero-order valence-corrected chi connectivity index (χ0v) is 14.8. The summed E-state index contributed by atoms with van der Waals surface area (Å²) in [6.45, 7) is 5.40. The number of rotatable bonds is 7. The number of hydrogen-bond donors (Lipinski definition) is 0. The van der Waals surface area contributed by atoms with Crippen molar-refractivity contribution in [2.75, 3.05) is 6.54 Å². The maximum Gasteiger partial charge on any atom is 0.226 e. The molecule has 0 aliphatic heterocycles. The van der Waals surface area contributed by atoms with Crippen molar-refractivity contribution in [3.8, 4) is 0 Å². The van der Waals surface area contributed by atoms with E-state index in [9.17, 15) is 4.79 Å². The smallest absolute Gasteiger partial charge is 0.226 e. The summed E-state index contributed by atoms with van der Waals surface area (Å²) >= 11 is 12.0. The van der Waals surface area contributed by atoms with Crippen molar-refractivity contribution in [1.29, 1.82) is 0 Å². The molecule has 0 bridgehead atoms. The van der Waals surface area contributed by atoms with Crippen LogP contribution < -0.4 is 0 Å². The molecule has 1 aromatic heterocycles. The normalized spacial score (nSPS) is 13.8. The van der Waals surface area contributed by atoms with Gasteiger partial charge in [-0.15, -0.1) is 6.58 Å². The summed E-state index contributed by atoms with van der Waals surface area (Å²) in [4.78, 5) is 18.6. The van der Waals surface area contributed by atoms with Crippen LogP contribution in [0.2, 0.25) is 10.0 Å². The molecule has 1 aromatic carbocycles. The molecule has 24 heavy (non-hydrogen) atoms. The van der Waals surface area contributed by atoms with Crippen molar-refractivity contribution in [1.82, 2.24) is 14.5 Å². The van der Waals surface area contributed by atoms with Crippen LogP contribution in [0.5, 0.6) is 0 Å². The van der Waals surface area contributed by atoms with Gasteiger partial charge in [0.15, 0.2) is 0 Å². The summed E-state index contributed by atoms with van der Waals surface area (Å²) in [5, 5.41) is 1.08. The molecule has 0 unspecified atom stereocenters. The summed E-state index contributed by atoms with van der Waals surface area (Å²) in [7, 11) is 0. The Morgan fingerprint density at radius 3 is 2.83 bits per heavy atom. The van der Waals surface area contributed by atoms with Crippen LogP contribution in [0.15, 0.2) is 43.2 Å². The van der Waals surface area contributed by atoms with Crippen molar-refractivity contribution in [2.45, 2.75) is 25.9 Å². The second-order valence-electron chi connectivity index (χ2n) is 6.00. The van der Waals surface area contributed by atoms with E-state index in [0.717, 1.165) is 24.2 Å². The predicted octanol–water partition coefficient (Wildman–Crippen LogP) is 4.16. The monoisotopic (exact) mass is 363 g/mol. The summed E-state index contributed by atoms with van der Waals surface area (Å²) in [6, 6.07) is 5.58. The average molecular weight is 364 g/mol. The molecule has 1 aliphatic carbocycles. The minimum atomic E-state index is 0.184. The number of benzene rings is 1. The highest BCUT2D eigenvalue weighted by atomic mass is 35.5. The summed E-state index contributed by atoms with van der Waals surface area (Å²) in [6.07, 6.45) is 7.40. The van der Waals surface area contributed by atoms with Gasteiger partial charge in [0.2, 0.25) is 5.91 Å². The second-order valence-corrected chi connectivity index (χ2v) is 6.82. The molecule has 6 heteroatoms. The zero-order chi connectivity index (χ0) is 17.1. The molecule has 1 aliphatic rings. The number of halogens is 2. The van der Waals surface area contributed by atoms with Gasteiger partial charge in [-0.3, -0.25) is 4.79 Å². The molecule has 3 rings (SSSR count). The van der Waals surface area contributed by atoms with Gasteiger partial charge in [0, 0.05) is 31.4 Å². The first kappa shape index (κ1) is 17.1.